The van der Waals surface area contributed by atoms with Crippen LogP contribution in [0.4, 0.5) is 4.79 Å². The Balaban J connectivity index is 0. The standard InChI is InChI=1S/C22H32N2O4.C18H27NO6.C14H21NO4.C13H19NO4.C12H16O3.C11H20N2O2.C11H14O3.CH4.2ClH/c1-6-27-21-19(15(3)4)23-22(28-7-2)20(24-21)18(25)10-8-9-16-11-13-17(26-5)14-12-16;1-18(2,3)25-17(23)19-15(16(21)22)14(20)7-5-6-12-8-10-13(24-4)11-9-12;1-18-11-8-6-10(7-9-11)4-3-5-12(16)13(15)14(17)19-2;1-18-10-7-5-9(6-8-10)3-2-4-11(15)12(14)13(16)17;1-2-15-12(14)5-3-4-10-6-8-11(13)9-7-10;1-5-14-9-7-12-11(15-6-2)10(13-9)8(3)4;1-14-10-7-5-9(6-8-10)3-2-4-11(12)13;;;/h11-15,19-20H,6-10H2,1-5H3;8-11,14-15,20H,5-7H2,1-4H3,(H,19,23)(H,21,22);6-9,12-13,16H,3-5,15H2,1-2H3;5-8,11-12,15H,2-4,14H2,1H3,(H,16,17);6-9,13H,2-5H2,1H3;8,10H,5-7H2,1-4H3;5-8H,2-4H2,1H3,(H,12,13);1H4;2*1H. The van der Waals surface area contributed by atoms with Crippen molar-refractivity contribution in [3.63, 3.8) is 0 Å². The van der Waals surface area contributed by atoms with Crippen LogP contribution in [0.5, 0.6) is 34.5 Å². The van der Waals surface area contributed by atoms with Crippen molar-refractivity contribution in [2.75, 3.05) is 82.2 Å². The predicted molar refractivity (Wildman–Crippen MR) is 538 cm³/mol. The third-order valence-electron chi connectivity index (χ3n) is 20.1. The number of carbonyl (C=O) groups is 7. The molecule has 0 bridgehead atoms. The number of aryl methyl sites for hydroxylation is 6. The molecule has 9 unspecified atom stereocenters. The van der Waals surface area contributed by atoms with Crippen molar-refractivity contribution in [3.05, 3.63) is 179 Å². The molecule has 0 saturated carbocycles. The van der Waals surface area contributed by atoms with E-state index in [1.807, 2.05) is 161 Å². The number of esters is 2. The highest BCUT2D eigenvalue weighted by atomic mass is 35.5. The van der Waals surface area contributed by atoms with Gasteiger partial charge in [-0.05, 0) is 270 Å². The Hall–Kier alpha value is -11.3. The Labute approximate surface area is 822 Å². The summed E-state index contributed by atoms with van der Waals surface area (Å²) >= 11 is 0. The van der Waals surface area contributed by atoms with Gasteiger partial charge in [0.2, 0.25) is 23.6 Å². The van der Waals surface area contributed by atoms with E-state index < -0.39 is 78.1 Å². The molecular weight excluding hydrogens is 1810 g/mol. The number of ketones is 1. The number of aromatic hydroxyl groups is 1. The molecule has 2 aliphatic heterocycles. The molecule has 6 aromatic rings. The minimum absolute atomic E-state index is 0. The summed E-state index contributed by atoms with van der Waals surface area (Å²) in [5.74, 6) is 3.39. The smallest absolute Gasteiger partial charge is 0.408 e. The maximum atomic E-state index is 12.9. The number of carboxylic acids is 3. The van der Waals surface area contributed by atoms with Crippen LogP contribution in [0.3, 0.4) is 0 Å². The number of aliphatic carboxylic acids is 3. The zero-order valence-electron chi connectivity index (χ0n) is 82.3. The lowest BCUT2D eigenvalue weighted by Crippen LogP contribution is -2.50. The number of nitrogens with one attached hydrogen (secondary N) is 1. The fourth-order valence-electron chi connectivity index (χ4n) is 12.8. The number of rotatable bonds is 44. The molecule has 0 spiro atoms. The average Bonchev–Trinajstić information content (AvgIpc) is 0.803. The molecule has 9 atom stereocenters. The lowest BCUT2D eigenvalue weighted by molar-refractivity contribution is -0.145. The van der Waals surface area contributed by atoms with Crippen molar-refractivity contribution in [1.29, 1.82) is 0 Å². The van der Waals surface area contributed by atoms with Crippen LogP contribution in [-0.2, 0) is 100 Å². The summed E-state index contributed by atoms with van der Waals surface area (Å²) in [6.45, 7) is 26.1. The van der Waals surface area contributed by atoms with Gasteiger partial charge in [0, 0.05) is 19.3 Å². The number of carbonyl (C=O) groups excluding carboxylic acids is 4. The lowest BCUT2D eigenvalue weighted by atomic mass is 9.99. The number of aliphatic hydroxyl groups is 3. The largest absolute Gasteiger partial charge is 0.508 e. The summed E-state index contributed by atoms with van der Waals surface area (Å²) in [5, 5.41) is 66.9. The SMILES string of the molecule is C.CCOC(=O)CCCc1ccc(O)cc1.CCOC1=NC(C(C)C)C(OCC)=NC1.CCOC1=NC(C(C)C)C(OCC)=NC1C(=O)CCCc1ccc(OC)cc1.COC(=O)C(N)C(O)CCCc1ccc(OC)cc1.COc1ccc(CCCC(=O)O)cc1.COc1ccc(CCCC(O)C(N)C(=O)O)cc1.COc1ccc(CCCC(O)C(NC(=O)OC(C)(C)C)C(=O)O)cc1.Cl.Cl. The molecule has 12 N–H and O–H groups in total. The van der Waals surface area contributed by atoms with Gasteiger partial charge in [-0.1, -0.05) is 108 Å². The summed E-state index contributed by atoms with van der Waals surface area (Å²) in [6.07, 6.45) is 7.17. The molecule has 2 aliphatic rings. The van der Waals surface area contributed by atoms with Gasteiger partial charge < -0.3 is 109 Å². The molecule has 0 fully saturated rings. The maximum Gasteiger partial charge on any atom is 0.408 e. The number of aliphatic hydroxyl groups excluding tert-OH is 3. The van der Waals surface area contributed by atoms with Crippen LogP contribution in [0.1, 0.15) is 201 Å². The number of carboxylic acid groups (broad SMARTS) is 3. The van der Waals surface area contributed by atoms with Crippen molar-refractivity contribution >= 4 is 90.1 Å². The van der Waals surface area contributed by atoms with Crippen molar-refractivity contribution in [1.82, 2.24) is 5.32 Å². The molecule has 35 heteroatoms. The van der Waals surface area contributed by atoms with Gasteiger partial charge in [0.05, 0.1) is 94.0 Å². The molecule has 0 aromatic heterocycles. The first kappa shape index (κ1) is 128. The van der Waals surface area contributed by atoms with E-state index in [1.165, 1.54) is 12.7 Å². The van der Waals surface area contributed by atoms with Crippen LogP contribution in [-0.4, -0.2) is 243 Å². The summed E-state index contributed by atoms with van der Waals surface area (Å²) in [5.41, 5.74) is 16.9. The number of amides is 1. The van der Waals surface area contributed by atoms with E-state index in [0.29, 0.717) is 109 Å². The zero-order chi connectivity index (χ0) is 100. The van der Waals surface area contributed by atoms with Crippen LogP contribution >= 0.6 is 24.8 Å². The highest BCUT2D eigenvalue weighted by Gasteiger charge is 2.36. The Bertz CT molecular complexity index is 4440. The van der Waals surface area contributed by atoms with Crippen molar-refractivity contribution < 1.29 is 126 Å². The van der Waals surface area contributed by atoms with Crippen molar-refractivity contribution in [2.45, 2.75) is 266 Å². The number of aliphatic imine (C=N–C) groups is 4. The van der Waals surface area contributed by atoms with E-state index in [-0.39, 0.29) is 80.6 Å². The van der Waals surface area contributed by atoms with Crippen molar-refractivity contribution in [2.24, 2.45) is 43.3 Å². The predicted octanol–water partition coefficient (Wildman–Crippen LogP) is 15.6. The van der Waals surface area contributed by atoms with E-state index in [4.69, 9.17) is 78.9 Å². The molecule has 2 heterocycles. The van der Waals surface area contributed by atoms with Crippen LogP contribution in [0, 0.1) is 11.8 Å². The molecule has 137 heavy (non-hydrogen) atoms. The number of alkyl carbamates (subject to hydrolysis) is 1. The first-order valence-corrected chi connectivity index (χ1v) is 45.6. The molecule has 768 valence electrons. The van der Waals surface area contributed by atoms with Crippen LogP contribution in [0.25, 0.3) is 0 Å². The van der Waals surface area contributed by atoms with Gasteiger partial charge >= 0.3 is 35.9 Å². The number of halogens is 2. The molecule has 0 saturated heterocycles. The number of phenolic OH excluding ortho intramolecular Hbond substituents is 1. The number of phenols is 1. The third-order valence-corrected chi connectivity index (χ3v) is 20.1. The van der Waals surface area contributed by atoms with Crippen LogP contribution in [0.15, 0.2) is 166 Å². The van der Waals surface area contributed by atoms with Gasteiger partial charge in [0.15, 0.2) is 17.9 Å². The fourth-order valence-corrected chi connectivity index (χ4v) is 12.8. The Kier molecular flexibility index (Phi) is 68.0. The van der Waals surface area contributed by atoms with Gasteiger partial charge in [-0.3, -0.25) is 24.0 Å². The van der Waals surface area contributed by atoms with E-state index >= 15 is 0 Å². The Morgan fingerprint density at radius 1 is 0.431 bits per heavy atom. The first-order chi connectivity index (χ1) is 63.9. The average molecular weight is 1970 g/mol. The number of nitrogens with two attached hydrogens (primary N) is 2. The topological polar surface area (TPSA) is 485 Å². The van der Waals surface area contributed by atoms with Gasteiger partial charge in [-0.2, -0.15) is 0 Å². The lowest BCUT2D eigenvalue weighted by Gasteiger charge is -2.27. The minimum Gasteiger partial charge on any atom is -0.508 e. The second-order valence-corrected chi connectivity index (χ2v) is 32.5. The number of hydrogen-bond acceptors (Lipinski definition) is 29. The first-order valence-electron chi connectivity index (χ1n) is 45.6. The molecule has 8 rings (SSSR count). The number of ether oxygens (including phenoxy) is 12. The van der Waals surface area contributed by atoms with Gasteiger partial charge in [-0.15, -0.1) is 24.8 Å². The maximum absolute atomic E-state index is 12.9. The number of benzene rings is 6. The van der Waals surface area contributed by atoms with Gasteiger partial charge in [0.25, 0.3) is 0 Å². The van der Waals surface area contributed by atoms with Crippen LogP contribution in [0.2, 0.25) is 0 Å². The number of nitrogens with zero attached hydrogens (tertiary/aromatic N) is 4. The van der Waals surface area contributed by atoms with Crippen molar-refractivity contribution in [3.8, 4) is 34.5 Å². The monoisotopic (exact) mass is 1960 g/mol. The minimum atomic E-state index is -1.41. The number of methoxy groups -OCH3 is 6. The fraction of sp³-hybridized carbons (Fsp3) is 0.539. The number of hydrogen-bond donors (Lipinski definition) is 10. The second-order valence-electron chi connectivity index (χ2n) is 32.5. The third kappa shape index (κ3) is 54.4. The van der Waals surface area contributed by atoms with E-state index in [0.717, 1.165) is 120 Å². The van der Waals surface area contributed by atoms with E-state index in [1.54, 1.807) is 75.4 Å². The molecule has 33 nitrogen and oxygen atoms in total. The Morgan fingerprint density at radius 2 is 0.774 bits per heavy atom. The van der Waals surface area contributed by atoms with Gasteiger partial charge in [0.1, 0.15) is 70.8 Å². The highest BCUT2D eigenvalue weighted by molar-refractivity contribution is 6.09. The summed E-state index contributed by atoms with van der Waals surface area (Å²) in [6, 6.07) is 41.0. The zero-order valence-corrected chi connectivity index (χ0v) is 84.0. The Morgan fingerprint density at radius 3 is 1.12 bits per heavy atom. The summed E-state index contributed by atoms with van der Waals surface area (Å²) in [7, 11) is 9.36. The molecule has 1 amide bonds. The van der Waals surface area contributed by atoms with E-state index in [9.17, 15) is 54.0 Å². The normalized spacial score (nSPS) is 14.5. The second kappa shape index (κ2) is 73.0. The summed E-state index contributed by atoms with van der Waals surface area (Å²) in [4.78, 5) is 97.0. The van der Waals surface area contributed by atoms with Crippen LogP contribution < -0.4 is 40.5 Å². The summed E-state index contributed by atoms with van der Waals surface area (Å²) < 4.78 is 61.9. The molecule has 6 aromatic carbocycles. The highest BCUT2D eigenvalue weighted by Crippen LogP contribution is 2.25. The van der Waals surface area contributed by atoms with Gasteiger partial charge in [-0.25, -0.2) is 29.6 Å². The molecule has 0 aliphatic carbocycles. The molecular formula is C102H155Cl2N7O26. The quantitative estimate of drug-likeness (QED) is 0.0125. The number of Topliss-reactive ketones (excluding diaryl/α,β-unsaturated/α-hetero) is 1. The molecule has 0 radical (unpaired) electrons. The van der Waals surface area contributed by atoms with E-state index in [2.05, 4.69) is 57.7 Å².